The third-order valence-corrected chi connectivity index (χ3v) is 5.06. The van der Waals surface area contributed by atoms with Crippen molar-refractivity contribution in [3.8, 4) is 0 Å². The molecule has 0 unspecified atom stereocenters. The van der Waals surface area contributed by atoms with Crippen LogP contribution < -0.4 is 4.72 Å². The molecule has 0 amide bonds. The van der Waals surface area contributed by atoms with Gasteiger partial charge in [-0.25, -0.2) is 0 Å². The lowest BCUT2D eigenvalue weighted by atomic mass is 10.0. The van der Waals surface area contributed by atoms with Gasteiger partial charge < -0.3 is 4.98 Å². The van der Waals surface area contributed by atoms with E-state index in [9.17, 15) is 8.42 Å². The standard InChI is InChI=1S/C14H17N3O2S/c18-20(19,16-10-12-5-7-15-9-12)17-8-6-13-3-1-2-4-14(13)11-17/h1-5,7,9,15-16H,6,8,10-11H2. The molecular formula is C14H17N3O2S. The van der Waals surface area contributed by atoms with E-state index in [0.29, 0.717) is 19.6 Å². The molecule has 0 bridgehead atoms. The van der Waals surface area contributed by atoms with Gasteiger partial charge in [-0.3, -0.25) is 0 Å². The summed E-state index contributed by atoms with van der Waals surface area (Å²) in [5, 5.41) is 0. The summed E-state index contributed by atoms with van der Waals surface area (Å²) < 4.78 is 28.7. The van der Waals surface area contributed by atoms with Gasteiger partial charge in [-0.1, -0.05) is 24.3 Å². The van der Waals surface area contributed by atoms with Crippen molar-refractivity contribution in [2.75, 3.05) is 6.54 Å². The second kappa shape index (κ2) is 5.40. The average Bonchev–Trinajstić information content (AvgIpc) is 2.98. The molecule has 1 aromatic heterocycles. The number of nitrogens with one attached hydrogen (secondary N) is 2. The number of benzene rings is 1. The Kier molecular flexibility index (Phi) is 3.60. The Morgan fingerprint density at radius 1 is 1.20 bits per heavy atom. The Bertz CT molecular complexity index is 680. The summed E-state index contributed by atoms with van der Waals surface area (Å²) >= 11 is 0. The van der Waals surface area contributed by atoms with Gasteiger partial charge in [-0.15, -0.1) is 0 Å². The van der Waals surface area contributed by atoms with Crippen LogP contribution in [0.5, 0.6) is 0 Å². The molecule has 2 aromatic rings. The van der Waals surface area contributed by atoms with Crippen molar-refractivity contribution in [3.05, 3.63) is 59.4 Å². The molecule has 5 nitrogen and oxygen atoms in total. The highest BCUT2D eigenvalue weighted by Gasteiger charge is 2.25. The van der Waals surface area contributed by atoms with Crippen LogP contribution in [0, 0.1) is 0 Å². The molecule has 106 valence electrons. The van der Waals surface area contributed by atoms with Crippen LogP contribution in [0.3, 0.4) is 0 Å². The molecule has 0 saturated carbocycles. The van der Waals surface area contributed by atoms with E-state index in [4.69, 9.17) is 0 Å². The fourth-order valence-corrected chi connectivity index (χ4v) is 3.58. The number of aromatic nitrogens is 1. The number of H-pyrrole nitrogens is 1. The van der Waals surface area contributed by atoms with Crippen molar-refractivity contribution < 1.29 is 8.42 Å². The van der Waals surface area contributed by atoms with E-state index in [-0.39, 0.29) is 0 Å². The molecule has 2 N–H and O–H groups in total. The van der Waals surface area contributed by atoms with E-state index >= 15 is 0 Å². The van der Waals surface area contributed by atoms with Crippen LogP contribution in [0.1, 0.15) is 16.7 Å². The van der Waals surface area contributed by atoms with Crippen molar-refractivity contribution in [2.45, 2.75) is 19.5 Å². The van der Waals surface area contributed by atoms with Crippen molar-refractivity contribution in [1.82, 2.24) is 14.0 Å². The lowest BCUT2D eigenvalue weighted by Gasteiger charge is -2.28. The summed E-state index contributed by atoms with van der Waals surface area (Å²) in [6.45, 7) is 1.28. The summed E-state index contributed by atoms with van der Waals surface area (Å²) in [6.07, 6.45) is 4.33. The minimum absolute atomic E-state index is 0.310. The quantitative estimate of drug-likeness (QED) is 0.894. The molecule has 0 radical (unpaired) electrons. The highest BCUT2D eigenvalue weighted by atomic mass is 32.2. The smallest absolute Gasteiger partial charge is 0.280 e. The van der Waals surface area contributed by atoms with Crippen molar-refractivity contribution >= 4 is 10.2 Å². The zero-order valence-corrected chi connectivity index (χ0v) is 11.9. The van der Waals surface area contributed by atoms with Gasteiger partial charge >= 0.3 is 0 Å². The van der Waals surface area contributed by atoms with Crippen LogP contribution in [0.15, 0.2) is 42.7 Å². The highest BCUT2D eigenvalue weighted by molar-refractivity contribution is 7.87. The molecular weight excluding hydrogens is 274 g/mol. The normalized spacial score (nSPS) is 16.0. The predicted octanol–water partition coefficient (Wildman–Crippen LogP) is 1.41. The summed E-state index contributed by atoms with van der Waals surface area (Å²) in [4.78, 5) is 2.91. The number of aromatic amines is 1. The Morgan fingerprint density at radius 3 is 2.75 bits per heavy atom. The lowest BCUT2D eigenvalue weighted by molar-refractivity contribution is 0.384. The summed E-state index contributed by atoms with van der Waals surface area (Å²) in [5.41, 5.74) is 3.25. The molecule has 0 aliphatic carbocycles. The number of hydrogen-bond donors (Lipinski definition) is 2. The molecule has 1 aliphatic rings. The maximum Gasteiger partial charge on any atom is 0.280 e. The van der Waals surface area contributed by atoms with Crippen LogP contribution >= 0.6 is 0 Å². The maximum atomic E-state index is 12.3. The summed E-state index contributed by atoms with van der Waals surface area (Å²) in [7, 11) is -3.43. The molecule has 1 aromatic carbocycles. The third-order valence-electron chi connectivity index (χ3n) is 3.56. The third kappa shape index (κ3) is 2.77. The molecule has 3 rings (SSSR count). The highest BCUT2D eigenvalue weighted by Crippen LogP contribution is 2.20. The van der Waals surface area contributed by atoms with Crippen LogP contribution in [0.2, 0.25) is 0 Å². The lowest BCUT2D eigenvalue weighted by Crippen LogP contribution is -2.43. The van der Waals surface area contributed by atoms with E-state index in [1.54, 1.807) is 12.4 Å². The first-order valence-corrected chi connectivity index (χ1v) is 8.02. The molecule has 0 fully saturated rings. The Morgan fingerprint density at radius 2 is 2.00 bits per heavy atom. The van der Waals surface area contributed by atoms with Crippen LogP contribution in [-0.4, -0.2) is 24.3 Å². The second-order valence-corrected chi connectivity index (χ2v) is 6.65. The first-order valence-electron chi connectivity index (χ1n) is 6.58. The molecule has 1 aliphatic heterocycles. The Balaban J connectivity index is 1.70. The van der Waals surface area contributed by atoms with Crippen LogP contribution in [0.25, 0.3) is 0 Å². The average molecular weight is 291 g/mol. The molecule has 6 heteroatoms. The van der Waals surface area contributed by atoms with E-state index < -0.39 is 10.2 Å². The topological polar surface area (TPSA) is 65.2 Å². The first kappa shape index (κ1) is 13.4. The fraction of sp³-hybridized carbons (Fsp3) is 0.286. The van der Waals surface area contributed by atoms with Crippen LogP contribution in [0.4, 0.5) is 0 Å². The minimum atomic E-state index is -3.43. The molecule has 0 saturated heterocycles. The van der Waals surface area contributed by atoms with E-state index in [2.05, 4.69) is 15.8 Å². The molecule has 2 heterocycles. The SMILES string of the molecule is O=S(=O)(NCc1cc[nH]c1)N1CCc2ccccc2C1. The molecule has 20 heavy (non-hydrogen) atoms. The van der Waals surface area contributed by atoms with Gasteiger partial charge in [0.2, 0.25) is 0 Å². The second-order valence-electron chi connectivity index (χ2n) is 4.90. The number of hydrogen-bond acceptors (Lipinski definition) is 2. The van der Waals surface area contributed by atoms with E-state index in [1.807, 2.05) is 24.3 Å². The minimum Gasteiger partial charge on any atom is -0.367 e. The maximum absolute atomic E-state index is 12.3. The number of fused-ring (bicyclic) bond motifs is 1. The van der Waals surface area contributed by atoms with Crippen LogP contribution in [-0.2, 0) is 29.7 Å². The summed E-state index contributed by atoms with van der Waals surface area (Å²) in [5.74, 6) is 0. The van der Waals surface area contributed by atoms with Gasteiger partial charge in [0.15, 0.2) is 0 Å². The molecule has 0 atom stereocenters. The zero-order valence-electron chi connectivity index (χ0n) is 11.0. The number of nitrogens with zero attached hydrogens (tertiary/aromatic N) is 1. The fourth-order valence-electron chi connectivity index (χ4n) is 2.41. The number of rotatable bonds is 4. The van der Waals surface area contributed by atoms with E-state index in [1.165, 1.54) is 9.87 Å². The monoisotopic (exact) mass is 291 g/mol. The van der Waals surface area contributed by atoms with Gasteiger partial charge in [-0.2, -0.15) is 17.4 Å². The Labute approximate surface area is 118 Å². The zero-order chi connectivity index (χ0) is 14.0. The van der Waals surface area contributed by atoms with Crippen molar-refractivity contribution in [2.24, 2.45) is 0 Å². The van der Waals surface area contributed by atoms with Gasteiger partial charge in [-0.05, 0) is 29.2 Å². The van der Waals surface area contributed by atoms with Gasteiger partial charge in [0.25, 0.3) is 10.2 Å². The molecule has 0 spiro atoms. The van der Waals surface area contributed by atoms with Gasteiger partial charge in [0.1, 0.15) is 0 Å². The predicted molar refractivity (Wildman–Crippen MR) is 77.1 cm³/mol. The largest absolute Gasteiger partial charge is 0.367 e. The van der Waals surface area contributed by atoms with Gasteiger partial charge in [0, 0.05) is 32.0 Å². The van der Waals surface area contributed by atoms with Crippen molar-refractivity contribution in [3.63, 3.8) is 0 Å². The van der Waals surface area contributed by atoms with Crippen molar-refractivity contribution in [1.29, 1.82) is 0 Å². The van der Waals surface area contributed by atoms with E-state index in [0.717, 1.165) is 17.5 Å². The van der Waals surface area contributed by atoms with Gasteiger partial charge in [0.05, 0.1) is 0 Å². The Hall–Kier alpha value is -1.63. The summed E-state index contributed by atoms with van der Waals surface area (Å²) in [6, 6.07) is 9.85. The first-order chi connectivity index (χ1) is 9.65.